The largest absolute Gasteiger partial charge is 0.493 e. The fourth-order valence-corrected chi connectivity index (χ4v) is 4.02. The number of hydrogen-bond donors (Lipinski definition) is 0. The Labute approximate surface area is 155 Å². The molecule has 1 aliphatic heterocycles. The number of aromatic nitrogens is 1. The van der Waals surface area contributed by atoms with E-state index in [1.54, 1.807) is 29.0 Å². The maximum Gasteiger partial charge on any atom is 0.253 e. The van der Waals surface area contributed by atoms with E-state index in [1.807, 2.05) is 23.1 Å². The molecule has 134 valence electrons. The van der Waals surface area contributed by atoms with Crippen LogP contribution in [0.25, 0.3) is 10.2 Å². The van der Waals surface area contributed by atoms with E-state index in [0.717, 1.165) is 29.6 Å². The van der Waals surface area contributed by atoms with Crippen LogP contribution < -0.4 is 4.74 Å². The minimum atomic E-state index is -0.273. The molecule has 6 heteroatoms. The van der Waals surface area contributed by atoms with Gasteiger partial charge in [0.1, 0.15) is 11.6 Å². The number of rotatable bonds is 4. The molecule has 1 fully saturated rings. The molecular formula is C20H19FN2O2S. The Kier molecular flexibility index (Phi) is 4.84. The Morgan fingerprint density at radius 1 is 1.27 bits per heavy atom. The predicted octanol–water partition coefficient (Wildman–Crippen LogP) is 4.37. The van der Waals surface area contributed by atoms with Crippen LogP contribution in [0.5, 0.6) is 5.75 Å². The lowest BCUT2D eigenvalue weighted by Crippen LogP contribution is -2.41. The fourth-order valence-electron chi connectivity index (χ4n) is 3.30. The van der Waals surface area contributed by atoms with E-state index >= 15 is 0 Å². The number of halogens is 1. The maximum absolute atomic E-state index is 13.0. The van der Waals surface area contributed by atoms with E-state index in [0.29, 0.717) is 24.5 Å². The lowest BCUT2D eigenvalue weighted by molar-refractivity contribution is 0.0633. The molecule has 1 amide bonds. The van der Waals surface area contributed by atoms with E-state index in [4.69, 9.17) is 4.74 Å². The highest BCUT2D eigenvalue weighted by molar-refractivity contribution is 7.16. The third kappa shape index (κ3) is 3.70. The third-order valence-corrected chi connectivity index (χ3v) is 5.48. The number of benzene rings is 2. The zero-order chi connectivity index (χ0) is 17.9. The lowest BCUT2D eigenvalue weighted by atomic mass is 9.98. The standard InChI is InChI=1S/C20H19FN2O2S/c21-16-4-6-17(7-5-16)25-12-14-2-1-9-23(11-14)20(24)15-3-8-18-19(10-15)26-13-22-18/h3-8,10,13-14H,1-2,9,11-12H2/t14-/m0/s1. The molecular weight excluding hydrogens is 351 g/mol. The first-order valence-electron chi connectivity index (χ1n) is 8.70. The van der Waals surface area contributed by atoms with E-state index in [2.05, 4.69) is 4.98 Å². The van der Waals surface area contributed by atoms with Gasteiger partial charge in [0.15, 0.2) is 0 Å². The molecule has 0 unspecified atom stereocenters. The van der Waals surface area contributed by atoms with Crippen molar-refractivity contribution in [1.82, 2.24) is 9.88 Å². The minimum Gasteiger partial charge on any atom is -0.493 e. The summed E-state index contributed by atoms with van der Waals surface area (Å²) in [5.41, 5.74) is 3.43. The highest BCUT2D eigenvalue weighted by atomic mass is 32.1. The van der Waals surface area contributed by atoms with Crippen LogP contribution in [0.4, 0.5) is 4.39 Å². The topological polar surface area (TPSA) is 42.4 Å². The Morgan fingerprint density at radius 3 is 2.96 bits per heavy atom. The number of carbonyl (C=O) groups excluding carboxylic acids is 1. The van der Waals surface area contributed by atoms with Crippen molar-refractivity contribution in [2.24, 2.45) is 5.92 Å². The lowest BCUT2D eigenvalue weighted by Gasteiger charge is -2.32. The molecule has 0 N–H and O–H groups in total. The molecule has 0 saturated carbocycles. The van der Waals surface area contributed by atoms with E-state index in [9.17, 15) is 9.18 Å². The van der Waals surface area contributed by atoms with Crippen molar-refractivity contribution in [1.29, 1.82) is 0 Å². The minimum absolute atomic E-state index is 0.0618. The molecule has 1 saturated heterocycles. The van der Waals surface area contributed by atoms with Crippen LogP contribution in [0.2, 0.25) is 0 Å². The number of nitrogens with zero attached hydrogens (tertiary/aromatic N) is 2. The average Bonchev–Trinajstić information content (AvgIpc) is 3.15. The van der Waals surface area contributed by atoms with Gasteiger partial charge in [-0.15, -0.1) is 11.3 Å². The van der Waals surface area contributed by atoms with Gasteiger partial charge < -0.3 is 9.64 Å². The Balaban J connectivity index is 1.39. The number of likely N-dealkylation sites (tertiary alicyclic amines) is 1. The highest BCUT2D eigenvalue weighted by Gasteiger charge is 2.25. The summed E-state index contributed by atoms with van der Waals surface area (Å²) >= 11 is 1.54. The molecule has 0 bridgehead atoms. The summed E-state index contributed by atoms with van der Waals surface area (Å²) in [6.45, 7) is 1.98. The molecule has 1 aromatic heterocycles. The van der Waals surface area contributed by atoms with Gasteiger partial charge in [0.25, 0.3) is 5.91 Å². The van der Waals surface area contributed by atoms with Crippen molar-refractivity contribution >= 4 is 27.5 Å². The van der Waals surface area contributed by atoms with E-state index in [-0.39, 0.29) is 17.6 Å². The van der Waals surface area contributed by atoms with Crippen LogP contribution in [0.1, 0.15) is 23.2 Å². The zero-order valence-corrected chi connectivity index (χ0v) is 15.0. The molecule has 0 radical (unpaired) electrons. The van der Waals surface area contributed by atoms with Gasteiger partial charge in [0, 0.05) is 24.6 Å². The van der Waals surface area contributed by atoms with E-state index < -0.39 is 0 Å². The molecule has 26 heavy (non-hydrogen) atoms. The van der Waals surface area contributed by atoms with Gasteiger partial charge >= 0.3 is 0 Å². The number of hydrogen-bond acceptors (Lipinski definition) is 4. The number of amides is 1. The number of thiazole rings is 1. The van der Waals surface area contributed by atoms with Gasteiger partial charge in [0.05, 0.1) is 22.3 Å². The summed E-state index contributed by atoms with van der Waals surface area (Å²) in [7, 11) is 0. The Bertz CT molecular complexity index is 910. The van der Waals surface area contributed by atoms with Crippen LogP contribution in [0.15, 0.2) is 48.0 Å². The van der Waals surface area contributed by atoms with Gasteiger partial charge in [0.2, 0.25) is 0 Å². The van der Waals surface area contributed by atoms with Crippen molar-refractivity contribution in [2.75, 3.05) is 19.7 Å². The van der Waals surface area contributed by atoms with Crippen molar-refractivity contribution in [3.05, 3.63) is 59.4 Å². The zero-order valence-electron chi connectivity index (χ0n) is 14.2. The second-order valence-electron chi connectivity index (χ2n) is 6.56. The van der Waals surface area contributed by atoms with Gasteiger partial charge in [-0.1, -0.05) is 0 Å². The van der Waals surface area contributed by atoms with Gasteiger partial charge in [-0.2, -0.15) is 0 Å². The van der Waals surface area contributed by atoms with Crippen LogP contribution >= 0.6 is 11.3 Å². The van der Waals surface area contributed by atoms with Crippen molar-refractivity contribution in [3.63, 3.8) is 0 Å². The molecule has 4 nitrogen and oxygen atoms in total. The second kappa shape index (κ2) is 7.41. The van der Waals surface area contributed by atoms with Crippen LogP contribution in [-0.2, 0) is 0 Å². The van der Waals surface area contributed by atoms with Gasteiger partial charge in [-0.05, 0) is 55.3 Å². The van der Waals surface area contributed by atoms with Gasteiger partial charge in [-0.3, -0.25) is 4.79 Å². The fraction of sp³-hybridized carbons (Fsp3) is 0.300. The van der Waals surface area contributed by atoms with Crippen LogP contribution in [0.3, 0.4) is 0 Å². The Hall–Kier alpha value is -2.47. The normalized spacial score (nSPS) is 17.4. The number of carbonyl (C=O) groups is 1. The molecule has 0 spiro atoms. The van der Waals surface area contributed by atoms with Crippen LogP contribution in [-0.4, -0.2) is 35.5 Å². The number of fused-ring (bicyclic) bond motifs is 1. The SMILES string of the molecule is O=C(c1ccc2ncsc2c1)N1CCC[C@H](COc2ccc(F)cc2)C1. The first-order valence-corrected chi connectivity index (χ1v) is 9.58. The second-order valence-corrected chi connectivity index (χ2v) is 7.45. The van der Waals surface area contributed by atoms with E-state index in [1.165, 1.54) is 12.1 Å². The summed E-state index contributed by atoms with van der Waals surface area (Å²) in [5, 5.41) is 0. The third-order valence-electron chi connectivity index (χ3n) is 4.68. The molecule has 1 aliphatic rings. The van der Waals surface area contributed by atoms with Crippen molar-refractivity contribution < 1.29 is 13.9 Å². The van der Waals surface area contributed by atoms with Gasteiger partial charge in [-0.25, -0.2) is 9.37 Å². The molecule has 3 aromatic rings. The van der Waals surface area contributed by atoms with Crippen molar-refractivity contribution in [3.8, 4) is 5.75 Å². The molecule has 1 atom stereocenters. The maximum atomic E-state index is 13.0. The smallest absolute Gasteiger partial charge is 0.253 e. The molecule has 2 heterocycles. The monoisotopic (exact) mass is 370 g/mol. The summed E-state index contributed by atoms with van der Waals surface area (Å²) in [4.78, 5) is 19.0. The first kappa shape index (κ1) is 17.0. The summed E-state index contributed by atoms with van der Waals surface area (Å²) in [6, 6.07) is 11.7. The molecule has 4 rings (SSSR count). The quantitative estimate of drug-likeness (QED) is 0.685. The summed E-state index contributed by atoms with van der Waals surface area (Å²) in [6.07, 6.45) is 1.99. The molecule has 2 aromatic carbocycles. The average molecular weight is 370 g/mol. The Morgan fingerprint density at radius 2 is 2.12 bits per heavy atom. The van der Waals surface area contributed by atoms with Crippen LogP contribution in [0, 0.1) is 11.7 Å². The number of piperidine rings is 1. The van der Waals surface area contributed by atoms with Crippen molar-refractivity contribution in [2.45, 2.75) is 12.8 Å². The number of ether oxygens (including phenoxy) is 1. The highest BCUT2D eigenvalue weighted by Crippen LogP contribution is 2.23. The summed E-state index contributed by atoms with van der Waals surface area (Å²) in [5.74, 6) is 0.729. The first-order chi connectivity index (χ1) is 12.7. The predicted molar refractivity (Wildman–Crippen MR) is 100 cm³/mol. The summed E-state index contributed by atoms with van der Waals surface area (Å²) < 4.78 is 19.8. The molecule has 0 aliphatic carbocycles.